The molecule has 0 N–H and O–H groups in total. The van der Waals surface area contributed by atoms with Gasteiger partial charge in [-0.25, -0.2) is 8.78 Å². The minimum absolute atomic E-state index is 0.00465. The van der Waals surface area contributed by atoms with Crippen LogP contribution in [0.5, 0.6) is 5.75 Å². The third kappa shape index (κ3) is 2.38. The number of ether oxygens (including phenoxy) is 1. The molecule has 1 aromatic rings. The maximum absolute atomic E-state index is 13.3. The molecule has 1 aliphatic carbocycles. The van der Waals surface area contributed by atoms with Gasteiger partial charge in [0.25, 0.3) is 0 Å². The molecule has 1 aromatic carbocycles. The van der Waals surface area contributed by atoms with Gasteiger partial charge in [0.15, 0.2) is 23.5 Å². The van der Waals surface area contributed by atoms with Crippen LogP contribution in [0.3, 0.4) is 0 Å². The summed E-state index contributed by atoms with van der Waals surface area (Å²) < 4.78 is 31.2. The SMILES string of the molecule is O=C1CCCCC1Oc1ccc(F)cc1F. The molecule has 1 unspecified atom stereocenters. The molecular formula is C12H12F2O2. The first-order valence-corrected chi connectivity index (χ1v) is 5.31. The normalized spacial score (nSPS) is 20.9. The summed E-state index contributed by atoms with van der Waals surface area (Å²) in [5.41, 5.74) is 0. The summed E-state index contributed by atoms with van der Waals surface area (Å²) >= 11 is 0. The Morgan fingerprint density at radius 3 is 2.75 bits per heavy atom. The van der Waals surface area contributed by atoms with Gasteiger partial charge in [0, 0.05) is 12.5 Å². The summed E-state index contributed by atoms with van der Waals surface area (Å²) in [5.74, 6) is -1.48. The Labute approximate surface area is 92.2 Å². The molecule has 0 heterocycles. The lowest BCUT2D eigenvalue weighted by Gasteiger charge is -2.21. The second-order valence-electron chi connectivity index (χ2n) is 3.89. The average Bonchev–Trinajstić information content (AvgIpc) is 2.25. The van der Waals surface area contributed by atoms with Crippen molar-refractivity contribution >= 4 is 5.78 Å². The van der Waals surface area contributed by atoms with Gasteiger partial charge in [-0.1, -0.05) is 0 Å². The number of rotatable bonds is 2. The van der Waals surface area contributed by atoms with Crippen LogP contribution in [-0.4, -0.2) is 11.9 Å². The Balaban J connectivity index is 2.10. The average molecular weight is 226 g/mol. The van der Waals surface area contributed by atoms with E-state index in [2.05, 4.69) is 0 Å². The first-order chi connectivity index (χ1) is 7.66. The number of hydrogen-bond donors (Lipinski definition) is 0. The molecular weight excluding hydrogens is 214 g/mol. The van der Waals surface area contributed by atoms with Crippen LogP contribution in [0.15, 0.2) is 18.2 Å². The van der Waals surface area contributed by atoms with Crippen LogP contribution >= 0.6 is 0 Å². The van der Waals surface area contributed by atoms with Gasteiger partial charge in [-0.15, -0.1) is 0 Å². The smallest absolute Gasteiger partial charge is 0.173 e. The maximum atomic E-state index is 13.3. The minimum atomic E-state index is -0.765. The second-order valence-corrected chi connectivity index (χ2v) is 3.89. The Bertz CT molecular complexity index is 404. The van der Waals surface area contributed by atoms with Crippen LogP contribution in [0.1, 0.15) is 25.7 Å². The van der Waals surface area contributed by atoms with Gasteiger partial charge in [0.1, 0.15) is 5.82 Å². The third-order valence-corrected chi connectivity index (χ3v) is 2.66. The molecule has 0 aliphatic heterocycles. The Morgan fingerprint density at radius 1 is 1.25 bits per heavy atom. The number of ketones is 1. The summed E-state index contributed by atoms with van der Waals surface area (Å²) in [6, 6.07) is 3.08. The minimum Gasteiger partial charge on any atom is -0.480 e. The van der Waals surface area contributed by atoms with E-state index < -0.39 is 17.7 Å². The van der Waals surface area contributed by atoms with Crippen molar-refractivity contribution in [1.29, 1.82) is 0 Å². The van der Waals surface area contributed by atoms with E-state index in [4.69, 9.17) is 4.74 Å². The largest absolute Gasteiger partial charge is 0.480 e. The van der Waals surface area contributed by atoms with E-state index >= 15 is 0 Å². The zero-order chi connectivity index (χ0) is 11.5. The topological polar surface area (TPSA) is 26.3 Å². The van der Waals surface area contributed by atoms with Crippen molar-refractivity contribution in [1.82, 2.24) is 0 Å². The molecule has 16 heavy (non-hydrogen) atoms. The second kappa shape index (κ2) is 4.60. The summed E-state index contributed by atoms with van der Waals surface area (Å²) in [4.78, 5) is 11.5. The number of hydrogen-bond acceptors (Lipinski definition) is 2. The molecule has 1 saturated carbocycles. The summed E-state index contributed by atoms with van der Waals surface area (Å²) in [6.07, 6.45) is 2.28. The highest BCUT2D eigenvalue weighted by atomic mass is 19.1. The summed E-state index contributed by atoms with van der Waals surface area (Å²) in [5, 5.41) is 0. The van der Waals surface area contributed by atoms with Gasteiger partial charge in [-0.05, 0) is 31.4 Å². The van der Waals surface area contributed by atoms with E-state index in [0.717, 1.165) is 25.0 Å². The number of Topliss-reactive ketones (excluding diaryl/α,β-unsaturated/α-hetero) is 1. The summed E-state index contributed by atoms with van der Waals surface area (Å²) in [6.45, 7) is 0. The highest BCUT2D eigenvalue weighted by Crippen LogP contribution is 2.23. The molecule has 0 bridgehead atoms. The Morgan fingerprint density at radius 2 is 2.06 bits per heavy atom. The van der Waals surface area contributed by atoms with E-state index in [1.807, 2.05) is 0 Å². The molecule has 86 valence electrons. The first-order valence-electron chi connectivity index (χ1n) is 5.31. The van der Waals surface area contributed by atoms with Crippen molar-refractivity contribution in [2.75, 3.05) is 0 Å². The molecule has 1 atom stereocenters. The van der Waals surface area contributed by atoms with E-state index in [9.17, 15) is 13.6 Å². The molecule has 0 spiro atoms. The lowest BCUT2D eigenvalue weighted by molar-refractivity contribution is -0.127. The van der Waals surface area contributed by atoms with Crippen molar-refractivity contribution in [3.8, 4) is 5.75 Å². The van der Waals surface area contributed by atoms with Crippen LogP contribution < -0.4 is 4.74 Å². The van der Waals surface area contributed by atoms with Gasteiger partial charge >= 0.3 is 0 Å². The van der Waals surface area contributed by atoms with Crippen molar-refractivity contribution in [3.63, 3.8) is 0 Å². The number of carbonyl (C=O) groups excluding carboxylic acids is 1. The fourth-order valence-corrected chi connectivity index (χ4v) is 1.80. The molecule has 0 aromatic heterocycles. The first kappa shape index (κ1) is 11.0. The lowest BCUT2D eigenvalue weighted by atomic mass is 9.96. The molecule has 0 amide bonds. The highest BCUT2D eigenvalue weighted by molar-refractivity contribution is 5.84. The third-order valence-electron chi connectivity index (χ3n) is 2.66. The van der Waals surface area contributed by atoms with Gasteiger partial charge in [0.2, 0.25) is 0 Å². The molecule has 4 heteroatoms. The molecule has 0 saturated heterocycles. The molecule has 2 nitrogen and oxygen atoms in total. The molecule has 2 rings (SSSR count). The molecule has 0 radical (unpaired) electrons. The van der Waals surface area contributed by atoms with Crippen molar-refractivity contribution < 1.29 is 18.3 Å². The van der Waals surface area contributed by atoms with E-state index in [1.165, 1.54) is 6.07 Å². The van der Waals surface area contributed by atoms with Gasteiger partial charge in [-0.3, -0.25) is 4.79 Å². The van der Waals surface area contributed by atoms with Crippen LogP contribution in [0.2, 0.25) is 0 Å². The van der Waals surface area contributed by atoms with Crippen LogP contribution in [0, 0.1) is 11.6 Å². The Hall–Kier alpha value is -1.45. The maximum Gasteiger partial charge on any atom is 0.173 e. The van der Waals surface area contributed by atoms with Crippen molar-refractivity contribution in [2.24, 2.45) is 0 Å². The Kier molecular flexibility index (Phi) is 3.17. The quantitative estimate of drug-likeness (QED) is 0.775. The van der Waals surface area contributed by atoms with E-state index in [0.29, 0.717) is 12.8 Å². The van der Waals surface area contributed by atoms with Crippen molar-refractivity contribution in [2.45, 2.75) is 31.8 Å². The standard InChI is InChI=1S/C12H12F2O2/c13-8-5-6-11(9(14)7-8)16-12-4-2-1-3-10(12)15/h5-7,12H,1-4H2. The van der Waals surface area contributed by atoms with Gasteiger partial charge in [0.05, 0.1) is 0 Å². The monoisotopic (exact) mass is 226 g/mol. The van der Waals surface area contributed by atoms with Crippen LogP contribution in [0.25, 0.3) is 0 Å². The lowest BCUT2D eigenvalue weighted by Crippen LogP contribution is -2.30. The van der Waals surface area contributed by atoms with Crippen LogP contribution in [0.4, 0.5) is 8.78 Å². The fourth-order valence-electron chi connectivity index (χ4n) is 1.80. The van der Waals surface area contributed by atoms with Gasteiger partial charge < -0.3 is 4.74 Å². The van der Waals surface area contributed by atoms with Crippen LogP contribution in [-0.2, 0) is 4.79 Å². The van der Waals surface area contributed by atoms with E-state index in [-0.39, 0.29) is 11.5 Å². The number of benzene rings is 1. The predicted molar refractivity (Wildman–Crippen MR) is 54.2 cm³/mol. The number of halogens is 2. The highest BCUT2D eigenvalue weighted by Gasteiger charge is 2.24. The van der Waals surface area contributed by atoms with Gasteiger partial charge in [-0.2, -0.15) is 0 Å². The zero-order valence-electron chi connectivity index (χ0n) is 8.71. The predicted octanol–water partition coefficient (Wildman–Crippen LogP) is 2.86. The fraction of sp³-hybridized carbons (Fsp3) is 0.417. The zero-order valence-corrected chi connectivity index (χ0v) is 8.71. The molecule has 1 fully saturated rings. The number of carbonyl (C=O) groups is 1. The molecule has 1 aliphatic rings. The summed E-state index contributed by atoms with van der Waals surface area (Å²) in [7, 11) is 0. The van der Waals surface area contributed by atoms with E-state index in [1.54, 1.807) is 0 Å². The van der Waals surface area contributed by atoms with Crippen molar-refractivity contribution in [3.05, 3.63) is 29.8 Å².